The molecule has 1 heterocycles. The lowest BCUT2D eigenvalue weighted by Crippen LogP contribution is -2.39. The van der Waals surface area contributed by atoms with E-state index in [1.54, 1.807) is 19.2 Å². The van der Waals surface area contributed by atoms with Crippen molar-refractivity contribution >= 4 is 53.3 Å². The zero-order valence-corrected chi connectivity index (χ0v) is 19.9. The second-order valence-corrected chi connectivity index (χ2v) is 7.46. The highest BCUT2D eigenvalue weighted by molar-refractivity contribution is 14.0. The Balaban J connectivity index is 0.00000300. The summed E-state index contributed by atoms with van der Waals surface area (Å²) in [6, 6.07) is 17.7. The standard InChI is InChI=1S/C20H22ClN5OS.HI/c1-22-20(24-13-14-28-17-5-3-2-4-6-17)23-12-11-18-25-19(26-27-18)15-7-9-16(21)10-8-15;/h2-10H,11-14H2,1H3,(H2,22,23,24);1H. The Morgan fingerprint density at radius 3 is 2.52 bits per heavy atom. The molecule has 0 unspecified atom stereocenters. The molecule has 1 aromatic heterocycles. The lowest BCUT2D eigenvalue weighted by atomic mass is 10.2. The van der Waals surface area contributed by atoms with Gasteiger partial charge < -0.3 is 15.2 Å². The van der Waals surface area contributed by atoms with Crippen molar-refractivity contribution in [1.82, 2.24) is 20.8 Å². The second-order valence-electron chi connectivity index (χ2n) is 5.86. The quantitative estimate of drug-likeness (QED) is 0.143. The van der Waals surface area contributed by atoms with Crippen molar-refractivity contribution in [2.45, 2.75) is 11.3 Å². The molecule has 0 amide bonds. The van der Waals surface area contributed by atoms with Crippen LogP contribution in [0.5, 0.6) is 0 Å². The van der Waals surface area contributed by atoms with Gasteiger partial charge in [-0.05, 0) is 36.4 Å². The largest absolute Gasteiger partial charge is 0.356 e. The molecule has 0 saturated carbocycles. The van der Waals surface area contributed by atoms with Crippen molar-refractivity contribution in [3.8, 4) is 11.4 Å². The molecule has 0 bridgehead atoms. The van der Waals surface area contributed by atoms with Gasteiger partial charge in [-0.3, -0.25) is 4.99 Å². The summed E-state index contributed by atoms with van der Waals surface area (Å²) in [4.78, 5) is 9.91. The van der Waals surface area contributed by atoms with E-state index in [1.165, 1.54) is 4.90 Å². The minimum atomic E-state index is 0. The van der Waals surface area contributed by atoms with Crippen LogP contribution in [-0.4, -0.2) is 42.0 Å². The Morgan fingerprint density at radius 2 is 1.79 bits per heavy atom. The Kier molecular flexibility index (Phi) is 10.3. The summed E-state index contributed by atoms with van der Waals surface area (Å²) < 4.78 is 5.31. The number of rotatable bonds is 8. The summed E-state index contributed by atoms with van der Waals surface area (Å²) in [6.45, 7) is 1.47. The number of hydrogen-bond acceptors (Lipinski definition) is 5. The van der Waals surface area contributed by atoms with Gasteiger partial charge >= 0.3 is 0 Å². The van der Waals surface area contributed by atoms with Gasteiger partial charge in [0.25, 0.3) is 0 Å². The molecule has 0 atom stereocenters. The summed E-state index contributed by atoms with van der Waals surface area (Å²) in [5.41, 5.74) is 0.876. The molecule has 3 rings (SSSR count). The number of guanidine groups is 1. The lowest BCUT2D eigenvalue weighted by Gasteiger charge is -2.10. The van der Waals surface area contributed by atoms with E-state index in [9.17, 15) is 0 Å². The molecule has 0 aliphatic rings. The van der Waals surface area contributed by atoms with Gasteiger partial charge in [-0.2, -0.15) is 4.98 Å². The molecule has 154 valence electrons. The van der Waals surface area contributed by atoms with E-state index in [2.05, 4.69) is 37.9 Å². The summed E-state index contributed by atoms with van der Waals surface area (Å²) in [6.07, 6.45) is 0.611. The number of thioether (sulfide) groups is 1. The molecule has 0 fully saturated rings. The maximum absolute atomic E-state index is 5.90. The van der Waals surface area contributed by atoms with Crippen LogP contribution in [0.15, 0.2) is 69.0 Å². The Labute approximate surface area is 196 Å². The third-order valence-corrected chi connectivity index (χ3v) is 5.10. The van der Waals surface area contributed by atoms with Crippen LogP contribution >= 0.6 is 47.3 Å². The number of benzene rings is 2. The molecule has 0 aliphatic heterocycles. The van der Waals surface area contributed by atoms with Crippen LogP contribution in [-0.2, 0) is 6.42 Å². The van der Waals surface area contributed by atoms with Gasteiger partial charge in [-0.1, -0.05) is 35.0 Å². The van der Waals surface area contributed by atoms with Gasteiger partial charge in [0, 0.05) is 47.8 Å². The maximum Gasteiger partial charge on any atom is 0.228 e. The zero-order chi connectivity index (χ0) is 19.6. The van der Waals surface area contributed by atoms with E-state index in [4.69, 9.17) is 16.1 Å². The summed E-state index contributed by atoms with van der Waals surface area (Å²) in [5.74, 6) is 2.85. The van der Waals surface area contributed by atoms with Crippen LogP contribution in [0.25, 0.3) is 11.4 Å². The molecule has 29 heavy (non-hydrogen) atoms. The minimum Gasteiger partial charge on any atom is -0.356 e. The Bertz CT molecular complexity index is 889. The lowest BCUT2D eigenvalue weighted by molar-refractivity contribution is 0.378. The summed E-state index contributed by atoms with van der Waals surface area (Å²) in [5, 5.41) is 11.3. The maximum atomic E-state index is 5.90. The van der Waals surface area contributed by atoms with Crippen molar-refractivity contribution in [2.24, 2.45) is 4.99 Å². The second kappa shape index (κ2) is 12.7. The van der Waals surface area contributed by atoms with Crippen molar-refractivity contribution in [2.75, 3.05) is 25.9 Å². The molecule has 2 N–H and O–H groups in total. The van der Waals surface area contributed by atoms with Crippen LogP contribution in [0, 0.1) is 0 Å². The van der Waals surface area contributed by atoms with Crippen LogP contribution < -0.4 is 10.6 Å². The van der Waals surface area contributed by atoms with Gasteiger partial charge in [0.1, 0.15) is 0 Å². The van der Waals surface area contributed by atoms with Gasteiger partial charge in [0.05, 0.1) is 0 Å². The van der Waals surface area contributed by atoms with Crippen molar-refractivity contribution in [3.63, 3.8) is 0 Å². The highest BCUT2D eigenvalue weighted by Crippen LogP contribution is 2.18. The average Bonchev–Trinajstić information content (AvgIpc) is 3.20. The first kappa shape index (κ1) is 23.5. The number of halogens is 2. The molecule has 9 heteroatoms. The van der Waals surface area contributed by atoms with Crippen molar-refractivity contribution < 1.29 is 4.52 Å². The Hall–Kier alpha value is -1.78. The number of aromatic nitrogens is 2. The SMILES string of the molecule is CN=C(NCCSc1ccccc1)NCCc1nc(-c2ccc(Cl)cc2)no1.I. The number of aliphatic imine (C=N–C) groups is 1. The first-order chi connectivity index (χ1) is 13.7. The van der Waals surface area contributed by atoms with Gasteiger partial charge in [-0.25, -0.2) is 0 Å². The molecule has 3 aromatic rings. The molecule has 0 spiro atoms. The normalized spacial score (nSPS) is 11.0. The summed E-state index contributed by atoms with van der Waals surface area (Å²) in [7, 11) is 1.75. The van der Waals surface area contributed by atoms with Crippen LogP contribution in [0.4, 0.5) is 0 Å². The highest BCUT2D eigenvalue weighted by atomic mass is 127. The zero-order valence-electron chi connectivity index (χ0n) is 16.0. The average molecular weight is 544 g/mol. The summed E-state index contributed by atoms with van der Waals surface area (Å²) >= 11 is 7.71. The fourth-order valence-corrected chi connectivity index (χ4v) is 3.35. The van der Waals surface area contributed by atoms with Gasteiger partial charge in [0.2, 0.25) is 11.7 Å². The third kappa shape index (κ3) is 7.87. The topological polar surface area (TPSA) is 75.3 Å². The molecule has 0 radical (unpaired) electrons. The van der Waals surface area contributed by atoms with Crippen LogP contribution in [0.1, 0.15) is 5.89 Å². The van der Waals surface area contributed by atoms with E-state index in [0.717, 1.165) is 23.8 Å². The monoisotopic (exact) mass is 543 g/mol. The van der Waals surface area contributed by atoms with Gasteiger partial charge in [-0.15, -0.1) is 35.7 Å². The third-order valence-electron chi connectivity index (χ3n) is 3.83. The molecule has 0 aliphatic carbocycles. The van der Waals surface area contributed by atoms with Gasteiger partial charge in [0.15, 0.2) is 5.96 Å². The number of nitrogens with one attached hydrogen (secondary N) is 2. The number of hydrogen-bond donors (Lipinski definition) is 2. The van der Waals surface area contributed by atoms with E-state index >= 15 is 0 Å². The molecule has 2 aromatic carbocycles. The molecule has 6 nitrogen and oxygen atoms in total. The predicted octanol–water partition coefficient (Wildman–Crippen LogP) is 4.51. The minimum absolute atomic E-state index is 0. The van der Waals surface area contributed by atoms with Crippen LogP contribution in [0.2, 0.25) is 5.02 Å². The van der Waals surface area contributed by atoms with Crippen molar-refractivity contribution in [3.05, 3.63) is 65.5 Å². The first-order valence-electron chi connectivity index (χ1n) is 8.95. The Morgan fingerprint density at radius 1 is 1.07 bits per heavy atom. The predicted molar refractivity (Wildman–Crippen MR) is 130 cm³/mol. The smallest absolute Gasteiger partial charge is 0.228 e. The first-order valence-corrected chi connectivity index (χ1v) is 10.3. The van der Waals surface area contributed by atoms with E-state index < -0.39 is 0 Å². The van der Waals surface area contributed by atoms with Crippen LogP contribution in [0.3, 0.4) is 0 Å². The molecule has 0 saturated heterocycles. The van der Waals surface area contributed by atoms with E-state index in [1.807, 2.05) is 42.1 Å². The van der Waals surface area contributed by atoms with Crippen molar-refractivity contribution in [1.29, 1.82) is 0 Å². The molecular weight excluding hydrogens is 521 g/mol. The van der Waals surface area contributed by atoms with E-state index in [0.29, 0.717) is 29.7 Å². The fraction of sp³-hybridized carbons (Fsp3) is 0.250. The molecular formula is C20H23ClIN5OS. The van der Waals surface area contributed by atoms with E-state index in [-0.39, 0.29) is 24.0 Å². The number of nitrogens with zero attached hydrogens (tertiary/aromatic N) is 3. The fourth-order valence-electron chi connectivity index (χ4n) is 2.44. The highest BCUT2D eigenvalue weighted by Gasteiger charge is 2.08.